The molecular weight excluding hydrogens is 302 g/mol. The Morgan fingerprint density at radius 3 is 1.00 bits per heavy atom. The summed E-state index contributed by atoms with van der Waals surface area (Å²) in [7, 11) is -0.728. The Morgan fingerprint density at radius 1 is 0.800 bits per heavy atom. The molecule has 0 aromatic carbocycles. The molecule has 0 spiro atoms. The van der Waals surface area contributed by atoms with E-state index in [4.69, 9.17) is 0 Å². The van der Waals surface area contributed by atoms with E-state index in [0.717, 1.165) is 48.5 Å². The van der Waals surface area contributed by atoms with E-state index in [-0.39, 0.29) is 21.6 Å². The summed E-state index contributed by atoms with van der Waals surface area (Å²) >= 11 is 1.54. The van der Waals surface area contributed by atoms with Crippen LogP contribution in [0.4, 0.5) is 0 Å². The van der Waals surface area contributed by atoms with Gasteiger partial charge in [-0.05, 0) is 0 Å². The quantitative estimate of drug-likeness (QED) is 0.523. The Hall–Kier alpha value is 1.34. The number of hydrogen-bond acceptors (Lipinski definition) is 2. The standard InChI is InChI=1S/2C2H4OSSe/c2*3-4-1-5-2-4/h2*1-2H2. The first-order valence-electron chi connectivity index (χ1n) is 2.64. The number of rotatable bonds is 0. The van der Waals surface area contributed by atoms with Crippen molar-refractivity contribution in [3.63, 3.8) is 0 Å². The SMILES string of the molecule is O=S1C[Se]C1.O=S1C[Se]C1. The second-order valence-corrected chi connectivity index (χ2v) is 12.1. The average Bonchev–Trinajstić information content (AvgIpc) is 1.80. The molecule has 0 atom stereocenters. The van der Waals surface area contributed by atoms with Crippen LogP contribution < -0.4 is 0 Å². The van der Waals surface area contributed by atoms with Gasteiger partial charge in [0.1, 0.15) is 0 Å². The van der Waals surface area contributed by atoms with Crippen molar-refractivity contribution < 1.29 is 8.42 Å². The van der Waals surface area contributed by atoms with Crippen LogP contribution in [-0.4, -0.2) is 56.9 Å². The second kappa shape index (κ2) is 5.07. The summed E-state index contributed by atoms with van der Waals surface area (Å²) in [6.07, 6.45) is 0. The van der Waals surface area contributed by atoms with Gasteiger partial charge in [0.25, 0.3) is 0 Å². The molecule has 0 aromatic heterocycles. The van der Waals surface area contributed by atoms with E-state index in [0.29, 0.717) is 0 Å². The molecule has 60 valence electrons. The third-order valence-electron chi connectivity index (χ3n) is 0.859. The average molecular weight is 310 g/mol. The first-order valence-corrected chi connectivity index (χ1v) is 10.5. The molecule has 2 rings (SSSR count). The van der Waals surface area contributed by atoms with Gasteiger partial charge in [-0.2, -0.15) is 0 Å². The van der Waals surface area contributed by atoms with Gasteiger partial charge in [0.05, 0.1) is 0 Å². The summed E-state index contributed by atoms with van der Waals surface area (Å²) in [6.45, 7) is 0. The van der Waals surface area contributed by atoms with E-state index in [1.165, 1.54) is 0 Å². The topological polar surface area (TPSA) is 34.1 Å². The Kier molecular flexibility index (Phi) is 4.78. The van der Waals surface area contributed by atoms with Crippen LogP contribution in [0, 0.1) is 0 Å². The van der Waals surface area contributed by atoms with Crippen molar-refractivity contribution in [2.24, 2.45) is 0 Å². The predicted molar refractivity (Wildman–Crippen MR) is 47.3 cm³/mol. The zero-order valence-corrected chi connectivity index (χ0v) is 10.3. The summed E-state index contributed by atoms with van der Waals surface area (Å²) in [5.74, 6) is 0. The molecule has 0 aromatic rings. The van der Waals surface area contributed by atoms with Crippen LogP contribution in [0.25, 0.3) is 0 Å². The fourth-order valence-corrected chi connectivity index (χ4v) is 4.72. The fourth-order valence-electron chi connectivity index (χ4n) is 0.303. The van der Waals surface area contributed by atoms with Gasteiger partial charge in [0.15, 0.2) is 0 Å². The normalized spacial score (nSPS) is 25.6. The summed E-state index contributed by atoms with van der Waals surface area (Å²) in [4.78, 5) is 0. The summed E-state index contributed by atoms with van der Waals surface area (Å²) in [5, 5.41) is 0. The molecule has 2 aliphatic rings. The fraction of sp³-hybridized carbons (Fsp3) is 1.00. The van der Waals surface area contributed by atoms with E-state index in [1.807, 2.05) is 0 Å². The van der Waals surface area contributed by atoms with Crippen LogP contribution >= 0.6 is 0 Å². The van der Waals surface area contributed by atoms with Gasteiger partial charge >= 0.3 is 78.5 Å². The summed E-state index contributed by atoms with van der Waals surface area (Å²) < 4.78 is 24.1. The molecule has 2 saturated heterocycles. The van der Waals surface area contributed by atoms with Crippen LogP contribution in [0.15, 0.2) is 0 Å². The van der Waals surface area contributed by atoms with Gasteiger partial charge in [-0.25, -0.2) is 0 Å². The van der Waals surface area contributed by atoms with Gasteiger partial charge in [-0.1, -0.05) is 0 Å². The number of hydrogen-bond donors (Lipinski definition) is 0. The van der Waals surface area contributed by atoms with E-state index >= 15 is 0 Å². The molecular formula is C4H8O2S2Se2. The van der Waals surface area contributed by atoms with E-state index in [9.17, 15) is 8.42 Å². The Balaban J connectivity index is 0.0000001000. The van der Waals surface area contributed by atoms with Crippen molar-refractivity contribution in [1.82, 2.24) is 0 Å². The third-order valence-corrected chi connectivity index (χ3v) is 13.4. The zero-order chi connectivity index (χ0) is 7.40. The molecule has 10 heavy (non-hydrogen) atoms. The Labute approximate surface area is 78.1 Å². The van der Waals surface area contributed by atoms with E-state index in [1.54, 1.807) is 0 Å². The molecule has 2 heterocycles. The maximum absolute atomic E-state index is 10.0. The van der Waals surface area contributed by atoms with Crippen LogP contribution in [0.5, 0.6) is 0 Å². The molecule has 0 aliphatic carbocycles. The molecule has 0 bridgehead atoms. The van der Waals surface area contributed by atoms with Crippen molar-refractivity contribution in [3.05, 3.63) is 0 Å². The minimum absolute atomic E-state index is 0.364. The zero-order valence-electron chi connectivity index (χ0n) is 5.28. The first-order chi connectivity index (χ1) is 4.79. The molecule has 2 fully saturated rings. The monoisotopic (exact) mass is 312 g/mol. The van der Waals surface area contributed by atoms with Crippen LogP contribution in [0.2, 0.25) is 0 Å². The van der Waals surface area contributed by atoms with E-state index in [2.05, 4.69) is 0 Å². The van der Waals surface area contributed by atoms with E-state index < -0.39 is 0 Å². The van der Waals surface area contributed by atoms with Gasteiger partial charge in [0, 0.05) is 0 Å². The predicted octanol–water partition coefficient (Wildman–Crippen LogP) is -1.26. The van der Waals surface area contributed by atoms with Crippen molar-refractivity contribution >= 4 is 51.5 Å². The molecule has 0 radical (unpaired) electrons. The van der Waals surface area contributed by atoms with Crippen molar-refractivity contribution in [2.75, 3.05) is 18.6 Å². The van der Waals surface area contributed by atoms with Crippen molar-refractivity contribution in [2.45, 2.75) is 0 Å². The molecule has 6 heteroatoms. The van der Waals surface area contributed by atoms with Crippen molar-refractivity contribution in [3.8, 4) is 0 Å². The molecule has 2 nitrogen and oxygen atoms in total. The summed E-state index contributed by atoms with van der Waals surface area (Å²) in [5.41, 5.74) is 0. The first kappa shape index (κ1) is 9.43. The maximum atomic E-state index is 10.0. The molecule has 2 aliphatic heterocycles. The molecule has 0 saturated carbocycles. The third kappa shape index (κ3) is 3.65. The van der Waals surface area contributed by atoms with Gasteiger partial charge in [-0.15, -0.1) is 0 Å². The Morgan fingerprint density at radius 2 is 1.00 bits per heavy atom. The second-order valence-electron chi connectivity index (χ2n) is 1.76. The molecule has 0 amide bonds. The molecule has 0 N–H and O–H groups in total. The minimum atomic E-state index is -0.364. The van der Waals surface area contributed by atoms with Crippen LogP contribution in [-0.2, 0) is 21.6 Å². The van der Waals surface area contributed by atoms with Gasteiger partial charge < -0.3 is 0 Å². The van der Waals surface area contributed by atoms with Gasteiger partial charge in [-0.3, -0.25) is 0 Å². The molecule has 0 unspecified atom stereocenters. The Bertz CT molecular complexity index is 131. The van der Waals surface area contributed by atoms with Gasteiger partial charge in [0.2, 0.25) is 0 Å². The van der Waals surface area contributed by atoms with Crippen LogP contribution in [0.3, 0.4) is 0 Å². The van der Waals surface area contributed by atoms with Crippen LogP contribution in [0.1, 0.15) is 0 Å². The van der Waals surface area contributed by atoms with Crippen molar-refractivity contribution in [1.29, 1.82) is 0 Å². The summed E-state index contributed by atoms with van der Waals surface area (Å²) in [6, 6.07) is 0.